The van der Waals surface area contributed by atoms with Gasteiger partial charge in [-0.05, 0) is 75.9 Å². The Bertz CT molecular complexity index is 1070. The summed E-state index contributed by atoms with van der Waals surface area (Å²) < 4.78 is 33.0. The Morgan fingerprint density at radius 1 is 1.11 bits per heavy atom. The second-order valence-electron chi connectivity index (χ2n) is 7.10. The summed E-state index contributed by atoms with van der Waals surface area (Å²) in [4.78, 5) is 2.39. The molecule has 0 atom stereocenters. The lowest BCUT2D eigenvalue weighted by Crippen LogP contribution is -2.17. The van der Waals surface area contributed by atoms with E-state index in [1.165, 1.54) is 3.97 Å². The van der Waals surface area contributed by atoms with Crippen molar-refractivity contribution in [3.8, 4) is 5.75 Å². The van der Waals surface area contributed by atoms with E-state index in [1.807, 2.05) is 33.2 Å². The number of nitrogens with zero attached hydrogens (tertiary/aromatic N) is 2. The summed E-state index contributed by atoms with van der Waals surface area (Å²) >= 11 is 0. The molecule has 0 spiro atoms. The Morgan fingerprint density at radius 2 is 1.89 bits per heavy atom. The minimum atomic E-state index is -3.70. The molecule has 0 saturated heterocycles. The first-order valence-electron chi connectivity index (χ1n) is 9.23. The molecule has 7 heteroatoms. The smallest absolute Gasteiger partial charge is 0.268 e. The predicted molar refractivity (Wildman–Crippen MR) is 114 cm³/mol. The van der Waals surface area contributed by atoms with E-state index in [0.717, 1.165) is 36.1 Å². The summed E-state index contributed by atoms with van der Waals surface area (Å²) in [6.07, 6.45) is 2.57. The summed E-state index contributed by atoms with van der Waals surface area (Å²) in [7, 11) is 1.97. The lowest BCUT2D eigenvalue weighted by Gasteiger charge is -2.14. The van der Waals surface area contributed by atoms with Crippen molar-refractivity contribution >= 4 is 26.6 Å². The van der Waals surface area contributed by atoms with Crippen molar-refractivity contribution in [2.75, 3.05) is 39.6 Å². The maximum Gasteiger partial charge on any atom is 0.268 e. The zero-order chi connectivity index (χ0) is 20.3. The summed E-state index contributed by atoms with van der Waals surface area (Å²) in [5.41, 5.74) is 2.49. The zero-order valence-corrected chi connectivity index (χ0v) is 17.6. The monoisotopic (exact) mass is 401 g/mol. The van der Waals surface area contributed by atoms with Gasteiger partial charge in [-0.25, -0.2) is 12.4 Å². The fourth-order valence-corrected chi connectivity index (χ4v) is 4.50. The molecule has 0 amide bonds. The highest BCUT2D eigenvalue weighted by atomic mass is 32.2. The highest BCUT2D eigenvalue weighted by Crippen LogP contribution is 2.27. The van der Waals surface area contributed by atoms with E-state index in [4.69, 9.17) is 4.74 Å². The first-order chi connectivity index (χ1) is 13.3. The van der Waals surface area contributed by atoms with Gasteiger partial charge in [0.25, 0.3) is 10.0 Å². The van der Waals surface area contributed by atoms with Gasteiger partial charge in [-0.15, -0.1) is 0 Å². The normalized spacial score (nSPS) is 11.9. The lowest BCUT2D eigenvalue weighted by atomic mass is 10.2. The quantitative estimate of drug-likeness (QED) is 0.585. The number of anilines is 1. The molecule has 0 fully saturated rings. The van der Waals surface area contributed by atoms with Gasteiger partial charge in [-0.2, -0.15) is 0 Å². The fraction of sp³-hybridized carbons (Fsp3) is 0.333. The topological polar surface area (TPSA) is 63.6 Å². The van der Waals surface area contributed by atoms with Crippen LogP contribution in [0.5, 0.6) is 5.75 Å². The molecule has 1 aromatic heterocycles. The fourth-order valence-electron chi connectivity index (χ4n) is 3.12. The summed E-state index contributed by atoms with van der Waals surface area (Å²) in [5, 5.41) is 4.18. The molecule has 0 aliphatic carbocycles. The highest BCUT2D eigenvalue weighted by Gasteiger charge is 2.20. The molecule has 0 radical (unpaired) electrons. The molecule has 0 bridgehead atoms. The molecule has 150 valence electrons. The number of rotatable bonds is 8. The van der Waals surface area contributed by atoms with Crippen LogP contribution in [0, 0.1) is 6.92 Å². The molecule has 0 aliphatic heterocycles. The van der Waals surface area contributed by atoms with E-state index >= 15 is 0 Å². The first kappa shape index (κ1) is 20.2. The Balaban J connectivity index is 1.91. The van der Waals surface area contributed by atoms with Crippen molar-refractivity contribution in [2.45, 2.75) is 18.2 Å². The number of hydrogen-bond donors (Lipinski definition) is 1. The average Bonchev–Trinajstić information content (AvgIpc) is 3.10. The molecule has 6 nitrogen and oxygen atoms in total. The number of methoxy groups -OCH3 is 1. The molecule has 0 unspecified atom stereocenters. The number of ether oxygens (including phenoxy) is 1. The van der Waals surface area contributed by atoms with Crippen LogP contribution < -0.4 is 10.1 Å². The minimum absolute atomic E-state index is 0.265. The molecule has 3 rings (SSSR count). The summed E-state index contributed by atoms with van der Waals surface area (Å²) in [6, 6.07) is 12.4. The van der Waals surface area contributed by atoms with E-state index in [-0.39, 0.29) is 4.90 Å². The van der Waals surface area contributed by atoms with Gasteiger partial charge in [-0.3, -0.25) is 0 Å². The molecular weight excluding hydrogens is 374 g/mol. The van der Waals surface area contributed by atoms with Crippen molar-refractivity contribution in [3.05, 3.63) is 54.2 Å². The van der Waals surface area contributed by atoms with E-state index in [9.17, 15) is 8.42 Å². The number of nitrogens with one attached hydrogen (secondary N) is 1. The Labute approximate surface area is 166 Å². The number of hydrogen-bond acceptors (Lipinski definition) is 5. The number of benzene rings is 2. The van der Waals surface area contributed by atoms with E-state index in [1.54, 1.807) is 43.6 Å². The highest BCUT2D eigenvalue weighted by molar-refractivity contribution is 7.90. The van der Waals surface area contributed by atoms with Crippen LogP contribution in [0.3, 0.4) is 0 Å². The van der Waals surface area contributed by atoms with Crippen LogP contribution in [0.1, 0.15) is 12.0 Å². The lowest BCUT2D eigenvalue weighted by molar-refractivity contribution is 0.405. The van der Waals surface area contributed by atoms with Crippen molar-refractivity contribution in [3.63, 3.8) is 0 Å². The van der Waals surface area contributed by atoms with Crippen molar-refractivity contribution in [2.24, 2.45) is 0 Å². The summed E-state index contributed by atoms with van der Waals surface area (Å²) in [5.74, 6) is 0.696. The molecule has 2 aromatic carbocycles. The van der Waals surface area contributed by atoms with Crippen LogP contribution in [0.15, 0.2) is 53.6 Å². The molecule has 1 heterocycles. The molecule has 3 aromatic rings. The van der Waals surface area contributed by atoms with Gasteiger partial charge in [0.2, 0.25) is 0 Å². The third-order valence-electron chi connectivity index (χ3n) is 4.73. The van der Waals surface area contributed by atoms with Crippen LogP contribution in [0.2, 0.25) is 0 Å². The molecular formula is C21H27N3O3S. The van der Waals surface area contributed by atoms with Crippen LogP contribution in [-0.4, -0.2) is 51.6 Å². The van der Waals surface area contributed by atoms with Gasteiger partial charge < -0.3 is 15.0 Å². The van der Waals surface area contributed by atoms with Crippen LogP contribution in [-0.2, 0) is 10.0 Å². The second kappa shape index (κ2) is 8.24. The number of aryl methyl sites for hydroxylation is 1. The molecule has 28 heavy (non-hydrogen) atoms. The van der Waals surface area contributed by atoms with Crippen LogP contribution in [0.4, 0.5) is 5.69 Å². The van der Waals surface area contributed by atoms with Crippen LogP contribution >= 0.6 is 0 Å². The number of aromatic nitrogens is 1. The third kappa shape index (κ3) is 4.15. The zero-order valence-electron chi connectivity index (χ0n) is 16.8. The maximum atomic E-state index is 13.2. The summed E-state index contributed by atoms with van der Waals surface area (Å²) in [6.45, 7) is 3.74. The van der Waals surface area contributed by atoms with E-state index in [0.29, 0.717) is 11.3 Å². The van der Waals surface area contributed by atoms with Crippen molar-refractivity contribution in [1.29, 1.82) is 0 Å². The molecule has 0 aliphatic rings. The van der Waals surface area contributed by atoms with Crippen molar-refractivity contribution < 1.29 is 13.2 Å². The Kier molecular flexibility index (Phi) is 5.96. The van der Waals surface area contributed by atoms with Gasteiger partial charge in [0.05, 0.1) is 17.5 Å². The molecule has 0 saturated carbocycles. The van der Waals surface area contributed by atoms with Gasteiger partial charge in [0.1, 0.15) is 5.75 Å². The third-order valence-corrected chi connectivity index (χ3v) is 6.41. The second-order valence-corrected chi connectivity index (χ2v) is 8.92. The maximum absolute atomic E-state index is 13.2. The average molecular weight is 402 g/mol. The van der Waals surface area contributed by atoms with Gasteiger partial charge in [0.15, 0.2) is 0 Å². The minimum Gasteiger partial charge on any atom is -0.497 e. The largest absolute Gasteiger partial charge is 0.497 e. The predicted octanol–water partition coefficient (Wildman–Crippen LogP) is 3.56. The SMILES string of the molecule is COc1ccc2c(ccn2S(=O)(=O)c2ccc(C)c(NCCCN(C)C)c2)c1. The van der Waals surface area contributed by atoms with E-state index in [2.05, 4.69) is 10.2 Å². The van der Waals surface area contributed by atoms with Gasteiger partial charge >= 0.3 is 0 Å². The molecule has 1 N–H and O–H groups in total. The van der Waals surface area contributed by atoms with Gasteiger partial charge in [0, 0.05) is 23.8 Å². The standard InChI is InChI=1S/C21H27N3O3S/c1-16-6-8-19(15-20(16)22-11-5-12-23(2)3)28(25,26)24-13-10-17-14-18(27-4)7-9-21(17)24/h6-10,13-15,22H,5,11-12H2,1-4H3. The Hall–Kier alpha value is -2.51. The van der Waals surface area contributed by atoms with Crippen LogP contribution in [0.25, 0.3) is 10.9 Å². The van der Waals surface area contributed by atoms with E-state index < -0.39 is 10.0 Å². The van der Waals surface area contributed by atoms with Gasteiger partial charge in [-0.1, -0.05) is 6.07 Å². The first-order valence-corrected chi connectivity index (χ1v) is 10.7. The van der Waals surface area contributed by atoms with Crippen molar-refractivity contribution in [1.82, 2.24) is 8.87 Å². The Morgan fingerprint density at radius 3 is 2.61 bits per heavy atom. The number of fused-ring (bicyclic) bond motifs is 1.